The molecule has 0 saturated heterocycles. The first-order valence-corrected chi connectivity index (χ1v) is 10.5. The number of carbonyl (C=O) groups is 1. The van der Waals surface area contributed by atoms with Gasteiger partial charge in [-0.3, -0.25) is 4.79 Å². The molecular formula is C14H11BrN2O4S3. The van der Waals surface area contributed by atoms with Gasteiger partial charge in [0.1, 0.15) is 10.8 Å². The summed E-state index contributed by atoms with van der Waals surface area (Å²) in [6, 6.07) is 8.62. The fourth-order valence-corrected chi connectivity index (χ4v) is 5.77. The van der Waals surface area contributed by atoms with E-state index >= 15 is 0 Å². The van der Waals surface area contributed by atoms with Crippen LogP contribution in [-0.4, -0.2) is 26.1 Å². The lowest BCUT2D eigenvalue weighted by Gasteiger charge is -2.03. The van der Waals surface area contributed by atoms with Gasteiger partial charge < -0.3 is 9.30 Å². The molecule has 3 rings (SSSR count). The highest BCUT2D eigenvalue weighted by Crippen LogP contribution is 2.23. The number of fused-ring (bicyclic) bond motifs is 1. The number of esters is 1. The minimum absolute atomic E-state index is 0.114. The molecule has 0 atom stereocenters. The fraction of sp³-hybridized carbons (Fsp3) is 0.143. The van der Waals surface area contributed by atoms with Crippen molar-refractivity contribution in [3.05, 3.63) is 45.0 Å². The molecule has 6 nitrogen and oxygen atoms in total. The van der Waals surface area contributed by atoms with E-state index in [0.29, 0.717) is 5.52 Å². The number of carbonyl (C=O) groups excluding carboxylic acids is 1. The number of hydrogen-bond acceptors (Lipinski definition) is 6. The Morgan fingerprint density at radius 2 is 2.17 bits per heavy atom. The highest BCUT2D eigenvalue weighted by Gasteiger charge is 2.17. The number of nitrogens with zero attached hydrogens (tertiary/aromatic N) is 2. The largest absolute Gasteiger partial charge is 0.468 e. The van der Waals surface area contributed by atoms with Gasteiger partial charge in [0.05, 0.1) is 17.3 Å². The Labute approximate surface area is 154 Å². The van der Waals surface area contributed by atoms with Gasteiger partial charge in [0.25, 0.3) is 10.0 Å². The van der Waals surface area contributed by atoms with Gasteiger partial charge in [-0.1, -0.05) is 33.3 Å². The number of thiophene rings is 1. The number of rotatable bonds is 4. The van der Waals surface area contributed by atoms with Crippen LogP contribution in [0.5, 0.6) is 0 Å². The molecule has 1 aromatic carbocycles. The van der Waals surface area contributed by atoms with Crippen LogP contribution in [0.4, 0.5) is 0 Å². The smallest absolute Gasteiger partial charge is 0.325 e. The second-order valence-electron chi connectivity index (χ2n) is 4.66. The molecule has 126 valence electrons. The highest BCUT2D eigenvalue weighted by atomic mass is 79.9. The zero-order chi connectivity index (χ0) is 17.3. The van der Waals surface area contributed by atoms with E-state index in [4.69, 9.17) is 4.74 Å². The van der Waals surface area contributed by atoms with Crippen molar-refractivity contribution in [2.24, 2.45) is 4.40 Å². The number of ether oxygens (including phenoxy) is 1. The molecule has 0 amide bonds. The lowest BCUT2D eigenvalue weighted by Crippen LogP contribution is -2.22. The molecule has 0 saturated carbocycles. The van der Waals surface area contributed by atoms with Crippen LogP contribution in [-0.2, 0) is 26.1 Å². The molecular weight excluding hydrogens is 436 g/mol. The zero-order valence-electron chi connectivity index (χ0n) is 12.3. The van der Waals surface area contributed by atoms with Crippen molar-refractivity contribution >= 4 is 64.8 Å². The minimum Gasteiger partial charge on any atom is -0.468 e. The third kappa shape index (κ3) is 3.46. The Kier molecular flexibility index (Phi) is 4.90. The van der Waals surface area contributed by atoms with Gasteiger partial charge in [0, 0.05) is 4.47 Å². The SMILES string of the molecule is COC(=O)Cn1c(=NS(=O)(=O)c2cccs2)sc2cc(Br)ccc21. The predicted molar refractivity (Wildman–Crippen MR) is 96.6 cm³/mol. The number of benzene rings is 1. The van der Waals surface area contributed by atoms with Crippen LogP contribution < -0.4 is 4.80 Å². The molecule has 0 unspecified atom stereocenters. The second-order valence-corrected chi connectivity index (χ2v) is 9.36. The van der Waals surface area contributed by atoms with Gasteiger partial charge >= 0.3 is 5.97 Å². The van der Waals surface area contributed by atoms with Gasteiger partial charge in [0.15, 0.2) is 0 Å². The summed E-state index contributed by atoms with van der Waals surface area (Å²) >= 11 is 5.68. The summed E-state index contributed by atoms with van der Waals surface area (Å²) < 4.78 is 36.9. The van der Waals surface area contributed by atoms with E-state index in [2.05, 4.69) is 20.3 Å². The quantitative estimate of drug-likeness (QED) is 0.577. The van der Waals surface area contributed by atoms with Crippen molar-refractivity contribution < 1.29 is 17.9 Å². The average molecular weight is 447 g/mol. The Morgan fingerprint density at radius 3 is 2.83 bits per heavy atom. The molecule has 0 bridgehead atoms. The Morgan fingerprint density at radius 1 is 1.38 bits per heavy atom. The minimum atomic E-state index is -3.82. The number of methoxy groups -OCH3 is 1. The van der Waals surface area contributed by atoms with E-state index in [-0.39, 0.29) is 15.6 Å². The molecule has 10 heteroatoms. The molecule has 0 aliphatic carbocycles. The summed E-state index contributed by atoms with van der Waals surface area (Å²) in [6.45, 7) is -0.114. The maximum absolute atomic E-state index is 12.4. The summed E-state index contributed by atoms with van der Waals surface area (Å²) in [5, 5.41) is 1.67. The summed E-state index contributed by atoms with van der Waals surface area (Å²) in [5.74, 6) is -0.479. The van der Waals surface area contributed by atoms with Gasteiger partial charge in [-0.2, -0.15) is 8.42 Å². The molecule has 0 aliphatic rings. The van der Waals surface area contributed by atoms with Crippen molar-refractivity contribution in [3.8, 4) is 0 Å². The molecule has 0 radical (unpaired) electrons. The molecule has 0 fully saturated rings. The van der Waals surface area contributed by atoms with E-state index in [9.17, 15) is 13.2 Å². The lowest BCUT2D eigenvalue weighted by molar-refractivity contribution is -0.141. The average Bonchev–Trinajstić information content (AvgIpc) is 3.16. The summed E-state index contributed by atoms with van der Waals surface area (Å²) in [5.41, 5.74) is 0.716. The summed E-state index contributed by atoms with van der Waals surface area (Å²) in [7, 11) is -2.54. The number of sulfonamides is 1. The monoisotopic (exact) mass is 446 g/mol. The van der Waals surface area contributed by atoms with Gasteiger partial charge in [-0.25, -0.2) is 0 Å². The van der Waals surface area contributed by atoms with Crippen LogP contribution in [0.3, 0.4) is 0 Å². The van der Waals surface area contributed by atoms with Crippen LogP contribution >= 0.6 is 38.6 Å². The number of aromatic nitrogens is 1. The third-order valence-corrected chi connectivity index (χ3v) is 7.40. The second kappa shape index (κ2) is 6.79. The Balaban J connectivity index is 2.24. The maximum atomic E-state index is 12.4. The molecule has 0 N–H and O–H groups in total. The third-order valence-electron chi connectivity index (χ3n) is 3.11. The van der Waals surface area contributed by atoms with Gasteiger partial charge in [-0.05, 0) is 29.6 Å². The first-order chi connectivity index (χ1) is 11.4. The molecule has 2 heterocycles. The zero-order valence-corrected chi connectivity index (χ0v) is 16.3. The highest BCUT2D eigenvalue weighted by molar-refractivity contribution is 9.10. The van der Waals surface area contributed by atoms with E-state index < -0.39 is 16.0 Å². The summed E-state index contributed by atoms with van der Waals surface area (Å²) in [6.07, 6.45) is 0. The van der Waals surface area contributed by atoms with Crippen LogP contribution in [0.15, 0.2) is 48.8 Å². The van der Waals surface area contributed by atoms with E-state index in [1.165, 1.54) is 24.5 Å². The standard InChI is InChI=1S/C14H11BrN2O4S3/c1-21-12(18)8-17-10-5-4-9(15)7-11(10)23-14(17)16-24(19,20)13-3-2-6-22-13/h2-7H,8H2,1H3. The maximum Gasteiger partial charge on any atom is 0.325 e. The summed E-state index contributed by atoms with van der Waals surface area (Å²) in [4.78, 5) is 11.9. The molecule has 2 aromatic heterocycles. The van der Waals surface area contributed by atoms with Crippen molar-refractivity contribution in [1.82, 2.24) is 4.57 Å². The Hall–Kier alpha value is -1.49. The topological polar surface area (TPSA) is 77.7 Å². The van der Waals surface area contributed by atoms with Gasteiger partial charge in [-0.15, -0.1) is 15.7 Å². The molecule has 3 aromatic rings. The molecule has 0 aliphatic heterocycles. The van der Waals surface area contributed by atoms with Crippen LogP contribution in [0.1, 0.15) is 0 Å². The fourth-order valence-electron chi connectivity index (χ4n) is 2.02. The molecule has 24 heavy (non-hydrogen) atoms. The van der Waals surface area contributed by atoms with E-state index in [1.54, 1.807) is 22.1 Å². The van der Waals surface area contributed by atoms with Crippen LogP contribution in [0.2, 0.25) is 0 Å². The van der Waals surface area contributed by atoms with Crippen molar-refractivity contribution in [2.45, 2.75) is 10.8 Å². The van der Waals surface area contributed by atoms with E-state index in [0.717, 1.165) is 20.5 Å². The van der Waals surface area contributed by atoms with Crippen LogP contribution in [0.25, 0.3) is 10.2 Å². The predicted octanol–water partition coefficient (Wildman–Crippen LogP) is 2.99. The number of thiazole rings is 1. The first-order valence-electron chi connectivity index (χ1n) is 6.61. The van der Waals surface area contributed by atoms with Gasteiger partial charge in [0.2, 0.25) is 4.80 Å². The van der Waals surface area contributed by atoms with Crippen molar-refractivity contribution in [1.29, 1.82) is 0 Å². The normalized spacial score (nSPS) is 12.7. The van der Waals surface area contributed by atoms with Crippen LogP contribution in [0, 0.1) is 0 Å². The number of halogens is 1. The van der Waals surface area contributed by atoms with E-state index in [1.807, 2.05) is 12.1 Å². The molecule has 0 spiro atoms. The van der Waals surface area contributed by atoms with Crippen molar-refractivity contribution in [2.75, 3.05) is 7.11 Å². The number of hydrogen-bond donors (Lipinski definition) is 0. The lowest BCUT2D eigenvalue weighted by atomic mass is 10.3. The van der Waals surface area contributed by atoms with Crippen molar-refractivity contribution in [3.63, 3.8) is 0 Å². The first kappa shape index (κ1) is 17.3. The Bertz CT molecular complexity index is 1070.